The summed E-state index contributed by atoms with van der Waals surface area (Å²) in [4.78, 5) is 36.4. The fourth-order valence-electron chi connectivity index (χ4n) is 2.62. The van der Waals surface area contributed by atoms with Crippen molar-refractivity contribution in [2.45, 2.75) is 20.3 Å². The maximum atomic E-state index is 12.3. The zero-order valence-electron chi connectivity index (χ0n) is 14.2. The molecule has 8 heteroatoms. The summed E-state index contributed by atoms with van der Waals surface area (Å²) in [5, 5.41) is 11.0. The number of nitro benzene ring substituents is 1. The number of imide groups is 1. The number of nitro groups is 1. The minimum atomic E-state index is -0.458. The second-order valence-electron chi connectivity index (χ2n) is 5.81. The molecule has 134 valence electrons. The van der Waals surface area contributed by atoms with Gasteiger partial charge in [-0.15, -0.1) is 0 Å². The summed E-state index contributed by atoms with van der Waals surface area (Å²) in [6.45, 7) is 4.04. The molecule has 2 aromatic rings. The van der Waals surface area contributed by atoms with Crippen molar-refractivity contribution < 1.29 is 18.9 Å². The third-order valence-electron chi connectivity index (χ3n) is 3.84. The minimum absolute atomic E-state index is 0.0471. The topological polar surface area (TPSA) is 93.7 Å². The zero-order valence-corrected chi connectivity index (χ0v) is 15.0. The van der Waals surface area contributed by atoms with Crippen molar-refractivity contribution in [2.75, 3.05) is 6.54 Å². The van der Waals surface area contributed by atoms with Crippen LogP contribution < -0.4 is 0 Å². The smallest absolute Gasteiger partial charge is 0.293 e. The first-order valence-corrected chi connectivity index (χ1v) is 8.83. The van der Waals surface area contributed by atoms with Gasteiger partial charge in [0.2, 0.25) is 0 Å². The predicted molar refractivity (Wildman–Crippen MR) is 98.5 cm³/mol. The van der Waals surface area contributed by atoms with E-state index in [-0.39, 0.29) is 21.7 Å². The Morgan fingerprint density at radius 2 is 2.04 bits per heavy atom. The molecule has 1 aliphatic heterocycles. The third kappa shape index (κ3) is 3.41. The van der Waals surface area contributed by atoms with Gasteiger partial charge in [0, 0.05) is 18.7 Å². The number of rotatable bonds is 5. The highest BCUT2D eigenvalue weighted by molar-refractivity contribution is 8.18. The molecule has 3 rings (SSSR count). The molecule has 0 radical (unpaired) electrons. The number of hydrogen-bond acceptors (Lipinski definition) is 6. The van der Waals surface area contributed by atoms with Gasteiger partial charge in [-0.3, -0.25) is 24.6 Å². The van der Waals surface area contributed by atoms with E-state index < -0.39 is 4.92 Å². The Balaban J connectivity index is 1.91. The Bertz CT molecular complexity index is 931. The standard InChI is InChI=1S/C18H16N2O5S/c1-3-8-19-17(21)16(26-18(19)22)10-12-5-7-15(25-12)13-6-4-11(2)9-14(13)20(23)24/h4-7,9-10H,3,8H2,1-2H3/b16-10+. The van der Waals surface area contributed by atoms with Crippen molar-refractivity contribution in [3.8, 4) is 11.3 Å². The van der Waals surface area contributed by atoms with Gasteiger partial charge in [0.15, 0.2) is 0 Å². The highest BCUT2D eigenvalue weighted by Crippen LogP contribution is 2.35. The van der Waals surface area contributed by atoms with Crippen LogP contribution in [-0.4, -0.2) is 27.5 Å². The van der Waals surface area contributed by atoms with Crippen molar-refractivity contribution in [2.24, 2.45) is 0 Å². The number of aryl methyl sites for hydroxylation is 1. The van der Waals surface area contributed by atoms with Gasteiger partial charge in [0.05, 0.1) is 15.4 Å². The van der Waals surface area contributed by atoms with Crippen molar-refractivity contribution in [3.63, 3.8) is 0 Å². The van der Waals surface area contributed by atoms with Crippen LogP contribution in [0.2, 0.25) is 0 Å². The molecule has 7 nitrogen and oxygen atoms in total. The summed E-state index contributed by atoms with van der Waals surface area (Å²) in [6.07, 6.45) is 2.18. The lowest BCUT2D eigenvalue weighted by atomic mass is 10.1. The van der Waals surface area contributed by atoms with E-state index in [1.807, 2.05) is 6.92 Å². The van der Waals surface area contributed by atoms with Gasteiger partial charge < -0.3 is 4.42 Å². The molecule has 0 bridgehead atoms. The lowest BCUT2D eigenvalue weighted by molar-refractivity contribution is -0.384. The lowest BCUT2D eigenvalue weighted by Gasteiger charge is -2.09. The minimum Gasteiger partial charge on any atom is -0.456 e. The number of nitrogens with zero attached hydrogens (tertiary/aromatic N) is 2. The highest BCUT2D eigenvalue weighted by atomic mass is 32.2. The second kappa shape index (κ2) is 7.17. The van der Waals surface area contributed by atoms with E-state index in [0.717, 1.165) is 17.3 Å². The molecule has 2 amide bonds. The van der Waals surface area contributed by atoms with Gasteiger partial charge >= 0.3 is 0 Å². The number of amides is 2. The molecule has 0 N–H and O–H groups in total. The predicted octanol–water partition coefficient (Wildman–Crippen LogP) is 4.61. The summed E-state index contributed by atoms with van der Waals surface area (Å²) in [5.74, 6) is 0.341. The maximum absolute atomic E-state index is 12.3. The van der Waals surface area contributed by atoms with Crippen LogP contribution in [0.3, 0.4) is 0 Å². The average molecular weight is 372 g/mol. The molecule has 0 aliphatic carbocycles. The number of carbonyl (C=O) groups excluding carboxylic acids is 2. The van der Waals surface area contributed by atoms with Gasteiger partial charge in [-0.1, -0.05) is 13.0 Å². The maximum Gasteiger partial charge on any atom is 0.293 e. The summed E-state index contributed by atoms with van der Waals surface area (Å²) in [6, 6.07) is 8.10. The van der Waals surface area contributed by atoms with Gasteiger partial charge in [-0.05, 0) is 48.9 Å². The number of thioether (sulfide) groups is 1. The third-order valence-corrected chi connectivity index (χ3v) is 4.74. The molecule has 1 aromatic heterocycles. The Morgan fingerprint density at radius 3 is 2.73 bits per heavy atom. The first kappa shape index (κ1) is 17.9. The molecule has 0 atom stereocenters. The normalized spacial score (nSPS) is 15.9. The molecular formula is C18H16N2O5S. The summed E-state index contributed by atoms with van der Waals surface area (Å²) < 4.78 is 5.66. The molecule has 0 spiro atoms. The SMILES string of the molecule is CCCN1C(=O)S/C(=C/c2ccc(-c3ccc(C)cc3[N+](=O)[O-])o2)C1=O. The molecule has 1 fully saturated rings. The van der Waals surface area contributed by atoms with Crippen LogP contribution in [0.1, 0.15) is 24.7 Å². The van der Waals surface area contributed by atoms with Crippen LogP contribution in [0, 0.1) is 17.0 Å². The molecule has 1 aromatic carbocycles. The summed E-state index contributed by atoms with van der Waals surface area (Å²) in [7, 11) is 0. The Morgan fingerprint density at radius 1 is 1.27 bits per heavy atom. The second-order valence-corrected chi connectivity index (χ2v) is 6.81. The van der Waals surface area contributed by atoms with E-state index in [1.54, 1.807) is 31.2 Å². The fourth-order valence-corrected chi connectivity index (χ4v) is 3.47. The Hall–Kier alpha value is -2.87. The molecule has 1 aliphatic rings. The van der Waals surface area contributed by atoms with E-state index in [0.29, 0.717) is 30.0 Å². The number of hydrogen-bond donors (Lipinski definition) is 0. The first-order chi connectivity index (χ1) is 12.4. The molecular weight excluding hydrogens is 356 g/mol. The average Bonchev–Trinajstić information content (AvgIpc) is 3.15. The van der Waals surface area contributed by atoms with Crippen LogP contribution in [0.15, 0.2) is 39.7 Å². The van der Waals surface area contributed by atoms with Crippen molar-refractivity contribution >= 4 is 34.7 Å². The highest BCUT2D eigenvalue weighted by Gasteiger charge is 2.34. The van der Waals surface area contributed by atoms with E-state index in [9.17, 15) is 19.7 Å². The van der Waals surface area contributed by atoms with Gasteiger partial charge in [-0.25, -0.2) is 0 Å². The molecule has 0 unspecified atom stereocenters. The first-order valence-electron chi connectivity index (χ1n) is 8.01. The van der Waals surface area contributed by atoms with E-state index in [1.165, 1.54) is 17.0 Å². The lowest BCUT2D eigenvalue weighted by Crippen LogP contribution is -2.28. The molecule has 2 heterocycles. The van der Waals surface area contributed by atoms with E-state index >= 15 is 0 Å². The quantitative estimate of drug-likeness (QED) is 0.432. The van der Waals surface area contributed by atoms with Gasteiger partial charge in [0.1, 0.15) is 11.5 Å². The monoisotopic (exact) mass is 372 g/mol. The number of carbonyl (C=O) groups is 2. The van der Waals surface area contributed by atoms with E-state index in [2.05, 4.69) is 0 Å². The van der Waals surface area contributed by atoms with Gasteiger partial charge in [-0.2, -0.15) is 0 Å². The van der Waals surface area contributed by atoms with Gasteiger partial charge in [0.25, 0.3) is 16.8 Å². The molecule has 1 saturated heterocycles. The molecule has 0 saturated carbocycles. The van der Waals surface area contributed by atoms with Crippen molar-refractivity contribution in [1.82, 2.24) is 4.90 Å². The van der Waals surface area contributed by atoms with Crippen LogP contribution in [0.5, 0.6) is 0 Å². The fraction of sp³-hybridized carbons (Fsp3) is 0.222. The summed E-state index contributed by atoms with van der Waals surface area (Å²) in [5.41, 5.74) is 1.09. The van der Waals surface area contributed by atoms with E-state index in [4.69, 9.17) is 4.42 Å². The number of benzene rings is 1. The van der Waals surface area contributed by atoms with Crippen molar-refractivity contribution in [1.29, 1.82) is 0 Å². The number of furan rings is 1. The van der Waals surface area contributed by atoms with Crippen molar-refractivity contribution in [3.05, 3.63) is 56.7 Å². The summed E-state index contributed by atoms with van der Waals surface area (Å²) >= 11 is 0.862. The van der Waals surface area contributed by atoms with Crippen LogP contribution in [0.25, 0.3) is 17.4 Å². The molecule has 26 heavy (non-hydrogen) atoms. The van der Waals surface area contributed by atoms with Crippen LogP contribution in [0.4, 0.5) is 10.5 Å². The largest absolute Gasteiger partial charge is 0.456 e. The van der Waals surface area contributed by atoms with Crippen LogP contribution >= 0.6 is 11.8 Å². The Labute approximate surface area is 153 Å². The Kier molecular flexibility index (Phi) is 4.94. The zero-order chi connectivity index (χ0) is 18.8. The van der Waals surface area contributed by atoms with Crippen LogP contribution in [-0.2, 0) is 4.79 Å².